The van der Waals surface area contributed by atoms with Gasteiger partial charge in [0.05, 0.1) is 0 Å². The van der Waals surface area contributed by atoms with Crippen molar-refractivity contribution >= 4 is 6.09 Å². The second-order valence-corrected chi connectivity index (χ2v) is 10.8. The van der Waals surface area contributed by atoms with Crippen LogP contribution in [0.5, 0.6) is 11.8 Å². The molecule has 0 saturated heterocycles. The van der Waals surface area contributed by atoms with Crippen LogP contribution in [0, 0.1) is 6.92 Å². The molecule has 1 unspecified atom stereocenters. The Morgan fingerprint density at radius 3 is 2.10 bits per heavy atom. The summed E-state index contributed by atoms with van der Waals surface area (Å²) in [6.07, 6.45) is 19.7. The van der Waals surface area contributed by atoms with Crippen molar-refractivity contribution in [1.82, 2.24) is 15.6 Å². The molecule has 2 rings (SSSR count). The lowest BCUT2D eigenvalue weighted by atomic mass is 10.0. The van der Waals surface area contributed by atoms with Gasteiger partial charge in [-0.25, -0.2) is 4.79 Å². The minimum atomic E-state index is -0.608. The number of rotatable bonds is 26. The molecule has 10 heteroatoms. The first-order valence-corrected chi connectivity index (χ1v) is 15.9. The van der Waals surface area contributed by atoms with E-state index in [9.17, 15) is 4.79 Å². The molecule has 2 aromatic rings. The SMILES string of the molecule is CCCCCCCCCCCCCCCc1cc(OCC(COC(=O)NCCCCCN)Oc2cc(C)on2)no1. The number of nitrogens with zero attached hydrogens (tertiary/aromatic N) is 2. The van der Waals surface area contributed by atoms with Gasteiger partial charge in [0.2, 0.25) is 0 Å². The van der Waals surface area contributed by atoms with Crippen LogP contribution in [0.4, 0.5) is 4.79 Å². The van der Waals surface area contributed by atoms with Crippen LogP contribution in [0.25, 0.3) is 0 Å². The highest BCUT2D eigenvalue weighted by molar-refractivity contribution is 5.67. The summed E-state index contributed by atoms with van der Waals surface area (Å²) in [6.45, 7) is 5.30. The minimum Gasteiger partial charge on any atom is -0.471 e. The number of hydrogen-bond acceptors (Lipinski definition) is 9. The van der Waals surface area contributed by atoms with Crippen LogP contribution >= 0.6 is 0 Å². The Morgan fingerprint density at radius 1 is 0.829 bits per heavy atom. The fourth-order valence-electron chi connectivity index (χ4n) is 4.52. The van der Waals surface area contributed by atoms with E-state index in [1.54, 1.807) is 13.0 Å². The molecule has 0 aliphatic carbocycles. The summed E-state index contributed by atoms with van der Waals surface area (Å²) in [7, 11) is 0. The average molecular weight is 579 g/mol. The van der Waals surface area contributed by atoms with Gasteiger partial charge in [-0.3, -0.25) is 0 Å². The summed E-state index contributed by atoms with van der Waals surface area (Å²) in [5.74, 6) is 2.09. The predicted molar refractivity (Wildman–Crippen MR) is 159 cm³/mol. The summed E-state index contributed by atoms with van der Waals surface area (Å²) in [6, 6.07) is 3.47. The van der Waals surface area contributed by atoms with Crippen molar-refractivity contribution in [1.29, 1.82) is 0 Å². The van der Waals surface area contributed by atoms with Crippen LogP contribution in [-0.4, -0.2) is 48.8 Å². The molecule has 234 valence electrons. The molecule has 41 heavy (non-hydrogen) atoms. The van der Waals surface area contributed by atoms with E-state index in [1.807, 2.05) is 6.07 Å². The topological polar surface area (TPSA) is 135 Å². The van der Waals surface area contributed by atoms with Crippen molar-refractivity contribution in [2.75, 3.05) is 26.3 Å². The highest BCUT2D eigenvalue weighted by Gasteiger charge is 2.18. The second-order valence-electron chi connectivity index (χ2n) is 10.8. The van der Waals surface area contributed by atoms with Crippen molar-refractivity contribution in [3.8, 4) is 11.8 Å². The van der Waals surface area contributed by atoms with Gasteiger partial charge in [-0.05, 0) is 43.0 Å². The molecule has 0 spiro atoms. The Morgan fingerprint density at radius 2 is 1.46 bits per heavy atom. The Kier molecular flexibility index (Phi) is 19.2. The zero-order valence-corrected chi connectivity index (χ0v) is 25.5. The molecular formula is C31H54N4O6. The number of amides is 1. The zero-order valence-electron chi connectivity index (χ0n) is 25.5. The number of aryl methyl sites for hydroxylation is 2. The third-order valence-electron chi connectivity index (χ3n) is 6.93. The number of ether oxygens (including phenoxy) is 3. The number of aromatic nitrogens is 2. The maximum atomic E-state index is 12.1. The molecule has 0 radical (unpaired) electrons. The first-order valence-electron chi connectivity index (χ1n) is 15.9. The van der Waals surface area contributed by atoms with Gasteiger partial charge >= 0.3 is 6.09 Å². The summed E-state index contributed by atoms with van der Waals surface area (Å²) >= 11 is 0. The summed E-state index contributed by atoms with van der Waals surface area (Å²) in [5, 5.41) is 10.6. The zero-order chi connectivity index (χ0) is 29.4. The molecular weight excluding hydrogens is 524 g/mol. The molecule has 0 aliphatic heterocycles. The Hall–Kier alpha value is -2.75. The maximum Gasteiger partial charge on any atom is 0.407 e. The minimum absolute atomic E-state index is 0.0236. The van der Waals surface area contributed by atoms with Gasteiger partial charge in [0, 0.05) is 25.1 Å². The van der Waals surface area contributed by atoms with Crippen molar-refractivity contribution in [2.24, 2.45) is 5.73 Å². The number of alkyl carbamates (subject to hydrolysis) is 1. The number of hydrogen-bond donors (Lipinski definition) is 2. The highest BCUT2D eigenvalue weighted by Crippen LogP contribution is 2.18. The molecule has 0 aromatic carbocycles. The van der Waals surface area contributed by atoms with Gasteiger partial charge in [0.15, 0.2) is 6.10 Å². The lowest BCUT2D eigenvalue weighted by Gasteiger charge is -2.17. The summed E-state index contributed by atoms with van der Waals surface area (Å²) < 4.78 is 27.5. The van der Waals surface area contributed by atoms with Crippen LogP contribution in [0.2, 0.25) is 0 Å². The monoisotopic (exact) mass is 578 g/mol. The van der Waals surface area contributed by atoms with E-state index in [2.05, 4.69) is 22.6 Å². The number of carbonyl (C=O) groups is 1. The maximum absolute atomic E-state index is 12.1. The number of nitrogens with one attached hydrogen (secondary N) is 1. The van der Waals surface area contributed by atoms with E-state index >= 15 is 0 Å². The van der Waals surface area contributed by atoms with Crippen molar-refractivity contribution in [2.45, 2.75) is 129 Å². The molecule has 3 N–H and O–H groups in total. The summed E-state index contributed by atoms with van der Waals surface area (Å²) in [5.41, 5.74) is 5.49. The first kappa shape index (κ1) is 34.5. The molecule has 0 fully saturated rings. The quantitative estimate of drug-likeness (QED) is 0.110. The van der Waals surface area contributed by atoms with E-state index in [4.69, 9.17) is 29.0 Å². The van der Waals surface area contributed by atoms with Crippen LogP contribution in [-0.2, 0) is 11.2 Å². The molecule has 1 atom stereocenters. The molecule has 2 aromatic heterocycles. The predicted octanol–water partition coefficient (Wildman–Crippen LogP) is 7.29. The molecule has 0 bridgehead atoms. The van der Waals surface area contributed by atoms with Gasteiger partial charge < -0.3 is 34.3 Å². The van der Waals surface area contributed by atoms with Crippen molar-refractivity contribution < 1.29 is 28.1 Å². The van der Waals surface area contributed by atoms with Crippen LogP contribution < -0.4 is 20.5 Å². The van der Waals surface area contributed by atoms with Gasteiger partial charge in [-0.15, -0.1) is 0 Å². The molecule has 1 amide bonds. The largest absolute Gasteiger partial charge is 0.471 e. The normalized spacial score (nSPS) is 11.9. The van der Waals surface area contributed by atoms with Crippen molar-refractivity contribution in [3.63, 3.8) is 0 Å². The van der Waals surface area contributed by atoms with Gasteiger partial charge in [-0.1, -0.05) is 90.4 Å². The smallest absolute Gasteiger partial charge is 0.407 e. The molecule has 10 nitrogen and oxygen atoms in total. The lowest BCUT2D eigenvalue weighted by Crippen LogP contribution is -2.34. The number of carbonyl (C=O) groups excluding carboxylic acids is 1. The number of unbranched alkanes of at least 4 members (excludes halogenated alkanes) is 14. The van der Waals surface area contributed by atoms with Gasteiger partial charge in [0.1, 0.15) is 24.7 Å². The van der Waals surface area contributed by atoms with E-state index in [0.717, 1.165) is 37.9 Å². The van der Waals surface area contributed by atoms with Crippen LogP contribution in [0.15, 0.2) is 21.2 Å². The Bertz CT molecular complexity index is 903. The van der Waals surface area contributed by atoms with E-state index < -0.39 is 12.2 Å². The Balaban J connectivity index is 1.60. The molecule has 0 aliphatic rings. The standard InChI is InChI=1S/C31H54N4O6/c1-3-4-5-6-7-8-9-10-11-12-13-14-16-19-27-23-29(34-41-27)37-24-28(39-30-22-26(2)40-35-30)25-38-31(36)33-21-18-15-17-20-32/h22-23,28H,3-21,24-25,32H2,1-2H3,(H,33,36). The number of nitrogens with two attached hydrogens (primary N) is 1. The van der Waals surface area contributed by atoms with Gasteiger partial charge in [0.25, 0.3) is 11.8 Å². The second kappa shape index (κ2) is 22.9. The molecule has 2 heterocycles. The van der Waals surface area contributed by atoms with Crippen molar-refractivity contribution in [3.05, 3.63) is 23.7 Å². The fourth-order valence-corrected chi connectivity index (χ4v) is 4.52. The van der Waals surface area contributed by atoms with Crippen LogP contribution in [0.3, 0.4) is 0 Å². The molecule has 0 saturated carbocycles. The highest BCUT2D eigenvalue weighted by atomic mass is 16.6. The van der Waals surface area contributed by atoms with Gasteiger partial charge in [-0.2, -0.15) is 0 Å². The lowest BCUT2D eigenvalue weighted by molar-refractivity contribution is 0.0471. The van der Waals surface area contributed by atoms with E-state index in [1.165, 1.54) is 77.0 Å². The Labute approximate surface area is 246 Å². The first-order chi connectivity index (χ1) is 20.1. The van der Waals surface area contributed by atoms with E-state index in [0.29, 0.717) is 30.6 Å². The fraction of sp³-hybridized carbons (Fsp3) is 0.774. The third-order valence-corrected chi connectivity index (χ3v) is 6.93. The van der Waals surface area contributed by atoms with E-state index in [-0.39, 0.29) is 13.2 Å². The third kappa shape index (κ3) is 17.6. The summed E-state index contributed by atoms with van der Waals surface area (Å²) in [4.78, 5) is 12.1. The average Bonchev–Trinajstić information content (AvgIpc) is 3.60. The van der Waals surface area contributed by atoms with Crippen LogP contribution in [0.1, 0.15) is 121 Å².